The molecule has 0 atom stereocenters. The van der Waals surface area contributed by atoms with Crippen molar-refractivity contribution in [1.82, 2.24) is 0 Å². The van der Waals surface area contributed by atoms with Crippen LogP contribution < -0.4 is 0 Å². The minimum atomic E-state index is -2.74. The van der Waals surface area contributed by atoms with E-state index in [9.17, 15) is 14.4 Å². The van der Waals surface area contributed by atoms with Gasteiger partial charge in [-0.2, -0.15) is 0 Å². The zero-order valence-corrected chi connectivity index (χ0v) is 6.43. The summed E-state index contributed by atoms with van der Waals surface area (Å²) in [7, 11) is 0. The van der Waals surface area contributed by atoms with Crippen LogP contribution in [0.15, 0.2) is 0 Å². The minimum absolute atomic E-state index is 0. The van der Waals surface area contributed by atoms with Crippen LogP contribution in [0.2, 0.25) is 0 Å². The fourth-order valence-corrected chi connectivity index (χ4v) is 0.714. The molecule has 0 saturated carbocycles. The first-order valence-corrected chi connectivity index (χ1v) is 3.17. The standard InChI is InChI=1S/C6H8O7.CH4.3Na.3H/c7-3(8)1-6(13,5(11)12)2-4(9)10;;;;;;;/h13H,1-2H2,(H,7,8)(H,9,10)(H,11,12);1H4;;;;;;. The van der Waals surface area contributed by atoms with Crippen LogP contribution in [0.4, 0.5) is 0 Å². The molecule has 4 N–H and O–H groups in total. The van der Waals surface area contributed by atoms with Crippen molar-refractivity contribution in [3.63, 3.8) is 0 Å². The normalized spacial score (nSPS) is 8.29. The van der Waals surface area contributed by atoms with E-state index < -0.39 is 36.4 Å². The van der Waals surface area contributed by atoms with Gasteiger partial charge in [-0.1, -0.05) is 7.43 Å². The Morgan fingerprint density at radius 1 is 0.824 bits per heavy atom. The van der Waals surface area contributed by atoms with E-state index in [0.29, 0.717) is 0 Å². The third-order valence-electron chi connectivity index (χ3n) is 1.29. The molecule has 0 amide bonds. The molecule has 0 aromatic heterocycles. The van der Waals surface area contributed by atoms with Crippen LogP contribution in [-0.4, -0.2) is 133 Å². The average Bonchev–Trinajstić information content (AvgIpc) is 1.82. The molecule has 7 nitrogen and oxygen atoms in total. The molecular formula is C7H15Na3O7. The second-order valence-electron chi connectivity index (χ2n) is 2.48. The Morgan fingerprint density at radius 2 is 1.06 bits per heavy atom. The van der Waals surface area contributed by atoms with Crippen LogP contribution in [0, 0.1) is 0 Å². The molecule has 10 heteroatoms. The zero-order valence-electron chi connectivity index (χ0n) is 6.43. The van der Waals surface area contributed by atoms with Crippen molar-refractivity contribution >= 4 is 107 Å². The van der Waals surface area contributed by atoms with Gasteiger partial charge in [-0.25, -0.2) is 4.79 Å². The molecule has 0 saturated heterocycles. The van der Waals surface area contributed by atoms with Gasteiger partial charge in [0.2, 0.25) is 0 Å². The molecule has 17 heavy (non-hydrogen) atoms. The quantitative estimate of drug-likeness (QED) is 0.407. The molecule has 0 aliphatic carbocycles. The Labute approximate surface area is 165 Å². The number of aliphatic hydroxyl groups is 1. The summed E-state index contributed by atoms with van der Waals surface area (Å²) < 4.78 is 0. The molecule has 0 fully saturated rings. The molecule has 0 unspecified atom stereocenters. The molecule has 0 aliphatic rings. The van der Waals surface area contributed by atoms with Gasteiger partial charge in [0.1, 0.15) is 0 Å². The number of carbonyl (C=O) groups is 3. The molecule has 0 heterocycles. The van der Waals surface area contributed by atoms with E-state index in [4.69, 9.17) is 20.4 Å². The monoisotopic (exact) mass is 280 g/mol. The van der Waals surface area contributed by atoms with Gasteiger partial charge in [-0.3, -0.25) is 9.59 Å². The summed E-state index contributed by atoms with van der Waals surface area (Å²) in [6.07, 6.45) is -2.29. The summed E-state index contributed by atoms with van der Waals surface area (Å²) in [4.78, 5) is 30.5. The molecule has 0 aromatic carbocycles. The molecule has 0 radical (unpaired) electrons. The Balaban J connectivity index is -0.000000120. The van der Waals surface area contributed by atoms with E-state index in [0.717, 1.165) is 0 Å². The number of carboxylic acid groups (broad SMARTS) is 3. The Bertz CT molecular complexity index is 240. The molecule has 0 spiro atoms. The van der Waals surface area contributed by atoms with E-state index in [1.807, 2.05) is 0 Å². The van der Waals surface area contributed by atoms with Gasteiger partial charge in [0.25, 0.3) is 0 Å². The molecule has 0 rings (SSSR count). The first kappa shape index (κ1) is 31.0. The van der Waals surface area contributed by atoms with Gasteiger partial charge in [0, 0.05) is 0 Å². The Morgan fingerprint density at radius 3 is 1.18 bits per heavy atom. The van der Waals surface area contributed by atoms with Crippen molar-refractivity contribution in [1.29, 1.82) is 0 Å². The SMILES string of the molecule is C.O=C(O)CC(O)(CC(=O)O)C(=O)O.[NaH].[NaH].[NaH]. The van der Waals surface area contributed by atoms with Crippen molar-refractivity contribution in [2.24, 2.45) is 0 Å². The fraction of sp³-hybridized carbons (Fsp3) is 0.571. The van der Waals surface area contributed by atoms with Crippen molar-refractivity contribution in [2.75, 3.05) is 0 Å². The number of carboxylic acids is 3. The van der Waals surface area contributed by atoms with Gasteiger partial charge in [-0.05, 0) is 0 Å². The predicted molar refractivity (Wildman–Crippen MR) is 65.3 cm³/mol. The van der Waals surface area contributed by atoms with E-state index in [1.165, 1.54) is 0 Å². The number of aliphatic carboxylic acids is 3. The van der Waals surface area contributed by atoms with Gasteiger partial charge in [0.05, 0.1) is 12.8 Å². The summed E-state index contributed by atoms with van der Waals surface area (Å²) in [5.41, 5.74) is -2.74. The maximum atomic E-state index is 10.3. The van der Waals surface area contributed by atoms with Crippen LogP contribution in [0.3, 0.4) is 0 Å². The third kappa shape index (κ3) is 13.6. The second-order valence-corrected chi connectivity index (χ2v) is 2.48. The zero-order chi connectivity index (χ0) is 10.6. The summed E-state index contributed by atoms with van der Waals surface area (Å²) in [6, 6.07) is 0. The first-order valence-electron chi connectivity index (χ1n) is 3.17. The van der Waals surface area contributed by atoms with Gasteiger partial charge in [-0.15, -0.1) is 0 Å². The second kappa shape index (κ2) is 13.8. The molecule has 0 aromatic rings. The maximum absolute atomic E-state index is 10.3. The average molecular weight is 280 g/mol. The molecule has 0 bridgehead atoms. The van der Waals surface area contributed by atoms with Gasteiger partial charge >= 0.3 is 107 Å². The number of hydrogen-bond donors (Lipinski definition) is 4. The van der Waals surface area contributed by atoms with Crippen LogP contribution >= 0.6 is 0 Å². The molecular weight excluding hydrogens is 265 g/mol. The van der Waals surface area contributed by atoms with Gasteiger partial charge < -0.3 is 20.4 Å². The van der Waals surface area contributed by atoms with E-state index in [1.54, 1.807) is 0 Å². The van der Waals surface area contributed by atoms with Crippen molar-refractivity contribution in [2.45, 2.75) is 25.9 Å². The van der Waals surface area contributed by atoms with E-state index >= 15 is 0 Å². The molecule has 88 valence electrons. The number of rotatable bonds is 5. The summed E-state index contributed by atoms with van der Waals surface area (Å²) in [5.74, 6) is -5.02. The third-order valence-corrected chi connectivity index (χ3v) is 1.29. The van der Waals surface area contributed by atoms with Crippen LogP contribution in [0.5, 0.6) is 0 Å². The van der Waals surface area contributed by atoms with Crippen molar-refractivity contribution in [3.05, 3.63) is 0 Å². The predicted octanol–water partition coefficient (Wildman–Crippen LogP) is -2.56. The topological polar surface area (TPSA) is 132 Å². The first-order chi connectivity index (χ1) is 5.78. The Kier molecular flexibility index (Phi) is 25.2. The van der Waals surface area contributed by atoms with Crippen molar-refractivity contribution < 1.29 is 34.8 Å². The number of hydrogen-bond acceptors (Lipinski definition) is 4. The van der Waals surface area contributed by atoms with Crippen LogP contribution in [0.1, 0.15) is 20.3 Å². The summed E-state index contributed by atoms with van der Waals surface area (Å²) in [6.45, 7) is 0. The van der Waals surface area contributed by atoms with Crippen molar-refractivity contribution in [3.8, 4) is 0 Å². The van der Waals surface area contributed by atoms with Crippen LogP contribution in [0.25, 0.3) is 0 Å². The fourth-order valence-electron chi connectivity index (χ4n) is 0.714. The van der Waals surface area contributed by atoms with E-state index in [2.05, 4.69) is 0 Å². The van der Waals surface area contributed by atoms with E-state index in [-0.39, 0.29) is 96.1 Å². The molecule has 0 aliphatic heterocycles. The summed E-state index contributed by atoms with van der Waals surface area (Å²) in [5, 5.41) is 33.8. The van der Waals surface area contributed by atoms with Gasteiger partial charge in [0.15, 0.2) is 5.60 Å². The van der Waals surface area contributed by atoms with Crippen LogP contribution in [-0.2, 0) is 14.4 Å². The Hall–Kier alpha value is 1.37. The summed E-state index contributed by atoms with van der Waals surface area (Å²) >= 11 is 0.